The Morgan fingerprint density at radius 2 is 2.14 bits per heavy atom. The highest BCUT2D eigenvalue weighted by Gasteiger charge is 2.17. The molecule has 3 aromatic rings. The van der Waals surface area contributed by atoms with E-state index in [1.807, 2.05) is 20.8 Å². The number of aromatic nitrogens is 4. The van der Waals surface area contributed by atoms with Gasteiger partial charge in [-0.1, -0.05) is 27.9 Å². The van der Waals surface area contributed by atoms with E-state index in [0.29, 0.717) is 21.8 Å². The Kier molecular flexibility index (Phi) is 4.54. The average molecular weight is 373 g/mol. The molecule has 0 N–H and O–H groups in total. The predicted octanol–water partition coefficient (Wildman–Crippen LogP) is 3.89. The first kappa shape index (κ1) is 15.9. The molecule has 0 unspecified atom stereocenters. The fourth-order valence-corrected chi connectivity index (χ4v) is 4.98. The van der Waals surface area contributed by atoms with E-state index in [2.05, 4.69) is 14.6 Å². The normalized spacial score (nSPS) is 11.5. The van der Waals surface area contributed by atoms with Gasteiger partial charge in [0.15, 0.2) is 5.16 Å². The van der Waals surface area contributed by atoms with E-state index in [-0.39, 0.29) is 5.56 Å². The van der Waals surface area contributed by atoms with Crippen LogP contribution in [0.2, 0.25) is 4.34 Å². The summed E-state index contributed by atoms with van der Waals surface area (Å²) in [6.45, 7) is 6.53. The lowest BCUT2D eigenvalue weighted by molar-refractivity contribution is 0.635. The molecule has 0 atom stereocenters. The molecule has 3 rings (SSSR count). The maximum Gasteiger partial charge on any atom is 0.263 e. The molecule has 9 heteroatoms. The van der Waals surface area contributed by atoms with Crippen LogP contribution in [-0.2, 0) is 12.3 Å². The predicted molar refractivity (Wildman–Crippen MR) is 93.5 cm³/mol. The maximum atomic E-state index is 12.7. The first-order chi connectivity index (χ1) is 10.5. The van der Waals surface area contributed by atoms with Crippen LogP contribution < -0.4 is 5.56 Å². The number of hydrogen-bond acceptors (Lipinski definition) is 7. The molecule has 0 saturated heterocycles. The third-order valence-corrected chi connectivity index (χ3v) is 6.49. The van der Waals surface area contributed by atoms with E-state index in [1.54, 1.807) is 15.9 Å². The third kappa shape index (κ3) is 2.68. The lowest BCUT2D eigenvalue weighted by Gasteiger charge is -2.09. The van der Waals surface area contributed by atoms with Crippen molar-refractivity contribution in [3.63, 3.8) is 0 Å². The molecular formula is C13H13ClN4OS3. The van der Waals surface area contributed by atoms with Gasteiger partial charge in [0.2, 0.25) is 0 Å². The Hall–Kier alpha value is -0.960. The summed E-state index contributed by atoms with van der Waals surface area (Å²) in [6, 6.07) is 0. The van der Waals surface area contributed by atoms with Crippen LogP contribution >= 0.6 is 46.2 Å². The first-order valence-corrected chi connectivity index (χ1v) is 9.58. The summed E-state index contributed by atoms with van der Waals surface area (Å²) in [5.41, 5.74) is 1.79. The first-order valence-electron chi connectivity index (χ1n) is 6.63. The highest BCUT2D eigenvalue weighted by Crippen LogP contribution is 2.30. The van der Waals surface area contributed by atoms with Gasteiger partial charge in [-0.2, -0.15) is 0 Å². The minimum Gasteiger partial charge on any atom is -0.287 e. The molecule has 0 aliphatic carbocycles. The summed E-state index contributed by atoms with van der Waals surface area (Å²) >= 11 is 10.2. The Bertz CT molecular complexity index is 899. The Morgan fingerprint density at radius 1 is 1.36 bits per heavy atom. The summed E-state index contributed by atoms with van der Waals surface area (Å²) in [4.78, 5) is 19.3. The number of halogens is 1. The van der Waals surface area contributed by atoms with Gasteiger partial charge in [-0.15, -0.1) is 16.4 Å². The molecule has 0 aliphatic rings. The molecule has 0 bridgehead atoms. The van der Waals surface area contributed by atoms with Crippen LogP contribution in [0.25, 0.3) is 10.2 Å². The van der Waals surface area contributed by atoms with E-state index in [0.717, 1.165) is 37.9 Å². The standard InChI is InChI=1S/C13H13ClN4OS3/c1-4-18-12(19)9-6(2)7(3)21-11(9)15-13(18)20-5-8-10(14)22-17-16-8/h4-5H2,1-3H3. The quantitative estimate of drug-likeness (QED) is 0.513. The summed E-state index contributed by atoms with van der Waals surface area (Å²) in [5.74, 6) is 0.552. The molecule has 0 radical (unpaired) electrons. The molecule has 0 aliphatic heterocycles. The average Bonchev–Trinajstić information content (AvgIpc) is 3.01. The fourth-order valence-electron chi connectivity index (χ4n) is 2.11. The molecule has 0 aromatic carbocycles. The zero-order chi connectivity index (χ0) is 15.9. The van der Waals surface area contributed by atoms with Crippen LogP contribution in [0.15, 0.2) is 9.95 Å². The van der Waals surface area contributed by atoms with Crippen molar-refractivity contribution in [1.29, 1.82) is 0 Å². The molecule has 0 amide bonds. The SMILES string of the molecule is CCn1c(SCc2nnsc2Cl)nc2sc(C)c(C)c2c1=O. The Morgan fingerprint density at radius 3 is 2.77 bits per heavy atom. The molecule has 3 heterocycles. The van der Waals surface area contributed by atoms with Gasteiger partial charge in [-0.05, 0) is 26.3 Å². The van der Waals surface area contributed by atoms with Crippen LogP contribution in [-0.4, -0.2) is 19.1 Å². The highest BCUT2D eigenvalue weighted by molar-refractivity contribution is 7.98. The minimum atomic E-state index is 0.0272. The number of nitrogens with zero attached hydrogens (tertiary/aromatic N) is 4. The van der Waals surface area contributed by atoms with Gasteiger partial charge in [0.05, 0.1) is 5.39 Å². The number of rotatable bonds is 4. The zero-order valence-electron chi connectivity index (χ0n) is 12.2. The van der Waals surface area contributed by atoms with E-state index in [4.69, 9.17) is 11.6 Å². The van der Waals surface area contributed by atoms with Gasteiger partial charge in [-0.25, -0.2) is 4.98 Å². The summed E-state index contributed by atoms with van der Waals surface area (Å²) in [5, 5.41) is 5.43. The van der Waals surface area contributed by atoms with Crippen LogP contribution in [0.4, 0.5) is 0 Å². The van der Waals surface area contributed by atoms with Crippen molar-refractivity contribution in [2.24, 2.45) is 0 Å². The van der Waals surface area contributed by atoms with Gasteiger partial charge in [0.25, 0.3) is 5.56 Å². The van der Waals surface area contributed by atoms with E-state index in [9.17, 15) is 4.79 Å². The number of thiophene rings is 1. The number of fused-ring (bicyclic) bond motifs is 1. The molecule has 3 aromatic heterocycles. The maximum absolute atomic E-state index is 12.7. The van der Waals surface area contributed by atoms with Crippen molar-refractivity contribution < 1.29 is 0 Å². The summed E-state index contributed by atoms with van der Waals surface area (Å²) in [7, 11) is 0. The van der Waals surface area contributed by atoms with Gasteiger partial charge < -0.3 is 0 Å². The minimum absolute atomic E-state index is 0.0272. The van der Waals surface area contributed by atoms with Crippen molar-refractivity contribution in [1.82, 2.24) is 19.1 Å². The Labute approximate surface area is 144 Å². The molecular weight excluding hydrogens is 360 g/mol. The van der Waals surface area contributed by atoms with Crippen molar-refractivity contribution >= 4 is 56.4 Å². The molecule has 0 saturated carbocycles. The van der Waals surface area contributed by atoms with Crippen molar-refractivity contribution in [3.05, 3.63) is 30.8 Å². The van der Waals surface area contributed by atoms with Crippen molar-refractivity contribution in [2.75, 3.05) is 0 Å². The second kappa shape index (κ2) is 6.27. The van der Waals surface area contributed by atoms with Gasteiger partial charge in [0, 0.05) is 28.7 Å². The monoisotopic (exact) mass is 372 g/mol. The zero-order valence-corrected chi connectivity index (χ0v) is 15.4. The second-order valence-corrected chi connectivity index (χ2v) is 8.19. The van der Waals surface area contributed by atoms with Crippen LogP contribution in [0, 0.1) is 13.8 Å². The summed E-state index contributed by atoms with van der Waals surface area (Å²) < 4.78 is 6.11. The van der Waals surface area contributed by atoms with E-state index >= 15 is 0 Å². The third-order valence-electron chi connectivity index (χ3n) is 3.42. The lowest BCUT2D eigenvalue weighted by atomic mass is 10.2. The molecule has 116 valence electrons. The number of hydrogen-bond donors (Lipinski definition) is 0. The van der Waals surface area contributed by atoms with Crippen molar-refractivity contribution in [3.8, 4) is 0 Å². The lowest BCUT2D eigenvalue weighted by Crippen LogP contribution is -2.22. The molecule has 5 nitrogen and oxygen atoms in total. The highest BCUT2D eigenvalue weighted by atomic mass is 35.5. The topological polar surface area (TPSA) is 60.7 Å². The van der Waals surface area contributed by atoms with Gasteiger partial charge in [-0.3, -0.25) is 9.36 Å². The fraction of sp³-hybridized carbons (Fsp3) is 0.385. The number of thioether (sulfide) groups is 1. The summed E-state index contributed by atoms with van der Waals surface area (Å²) in [6.07, 6.45) is 0. The van der Waals surface area contributed by atoms with E-state index in [1.165, 1.54) is 11.8 Å². The molecule has 0 spiro atoms. The smallest absolute Gasteiger partial charge is 0.263 e. The van der Waals surface area contributed by atoms with Crippen molar-refractivity contribution in [2.45, 2.75) is 38.2 Å². The number of aryl methyl sites for hydroxylation is 2. The molecule has 0 fully saturated rings. The Balaban J connectivity index is 2.05. The van der Waals surface area contributed by atoms with Gasteiger partial charge >= 0.3 is 0 Å². The largest absolute Gasteiger partial charge is 0.287 e. The van der Waals surface area contributed by atoms with Crippen LogP contribution in [0.3, 0.4) is 0 Å². The van der Waals surface area contributed by atoms with Crippen LogP contribution in [0.5, 0.6) is 0 Å². The van der Waals surface area contributed by atoms with Gasteiger partial charge in [0.1, 0.15) is 14.9 Å². The second-order valence-electron chi connectivity index (χ2n) is 4.69. The van der Waals surface area contributed by atoms with Crippen LogP contribution in [0.1, 0.15) is 23.1 Å². The van der Waals surface area contributed by atoms with E-state index < -0.39 is 0 Å². The molecule has 22 heavy (non-hydrogen) atoms.